The minimum atomic E-state index is -0.190. The Morgan fingerprint density at radius 2 is 2.24 bits per heavy atom. The highest BCUT2D eigenvalue weighted by atomic mass is 32.1. The van der Waals surface area contributed by atoms with Gasteiger partial charge in [-0.25, -0.2) is 4.98 Å². The Kier molecular flexibility index (Phi) is 9.14. The third kappa shape index (κ3) is 6.86. The molecule has 2 heterocycles. The van der Waals surface area contributed by atoms with Crippen molar-refractivity contribution in [3.63, 3.8) is 0 Å². The summed E-state index contributed by atoms with van der Waals surface area (Å²) in [5.41, 5.74) is 1.82. The number of carbonyl (C=O) groups excluding carboxylic acids is 1. The highest BCUT2D eigenvalue weighted by Gasteiger charge is 2.13. The van der Waals surface area contributed by atoms with Crippen LogP contribution in [0, 0.1) is 6.92 Å². The van der Waals surface area contributed by atoms with Crippen LogP contribution in [0.15, 0.2) is 27.1 Å². The molecule has 0 aromatic carbocycles. The lowest BCUT2D eigenvalue weighted by Crippen LogP contribution is -2.38. The van der Waals surface area contributed by atoms with Crippen LogP contribution in [0.25, 0.3) is 0 Å². The number of nitrogens with one attached hydrogen (secondary N) is 2. The standard InChI is InChI=1S/C20H31N5O3S/c1-6-21-20(25(4)12-16-13-29-19(24-16)15(3)27-5)23-10-7-9-22-18(26)17-14(2)8-11-28-17/h8,11,13,15H,6-7,9-10,12H2,1-5H3,(H,21,23)(H,22,26). The molecule has 9 heteroatoms. The number of aryl methyl sites for hydroxylation is 1. The summed E-state index contributed by atoms with van der Waals surface area (Å²) in [6, 6.07) is 1.78. The molecule has 29 heavy (non-hydrogen) atoms. The van der Waals surface area contributed by atoms with Gasteiger partial charge in [-0.2, -0.15) is 0 Å². The van der Waals surface area contributed by atoms with Crippen molar-refractivity contribution in [3.05, 3.63) is 39.7 Å². The number of rotatable bonds is 10. The van der Waals surface area contributed by atoms with Gasteiger partial charge in [-0.15, -0.1) is 11.3 Å². The number of ether oxygens (including phenoxy) is 1. The maximum Gasteiger partial charge on any atom is 0.287 e. The van der Waals surface area contributed by atoms with E-state index in [0.717, 1.165) is 35.2 Å². The molecular formula is C20H31N5O3S. The predicted molar refractivity (Wildman–Crippen MR) is 115 cm³/mol. The quantitative estimate of drug-likeness (QED) is 0.348. The summed E-state index contributed by atoms with van der Waals surface area (Å²) in [5, 5.41) is 9.19. The molecule has 0 aliphatic carbocycles. The van der Waals surface area contributed by atoms with Gasteiger partial charge in [-0.3, -0.25) is 9.79 Å². The number of hydrogen-bond acceptors (Lipinski definition) is 6. The van der Waals surface area contributed by atoms with Gasteiger partial charge < -0.3 is 24.7 Å². The fraction of sp³-hybridized carbons (Fsp3) is 0.550. The van der Waals surface area contributed by atoms with E-state index >= 15 is 0 Å². The first-order chi connectivity index (χ1) is 14.0. The summed E-state index contributed by atoms with van der Waals surface area (Å²) < 4.78 is 10.5. The zero-order valence-electron chi connectivity index (χ0n) is 17.8. The van der Waals surface area contributed by atoms with Crippen LogP contribution < -0.4 is 10.6 Å². The van der Waals surface area contributed by atoms with Gasteiger partial charge in [0.15, 0.2) is 11.7 Å². The fourth-order valence-electron chi connectivity index (χ4n) is 2.62. The van der Waals surface area contributed by atoms with Crippen molar-refractivity contribution in [2.45, 2.75) is 39.8 Å². The van der Waals surface area contributed by atoms with Crippen molar-refractivity contribution in [3.8, 4) is 0 Å². The molecule has 0 saturated carbocycles. The minimum absolute atomic E-state index is 0.00105. The van der Waals surface area contributed by atoms with Gasteiger partial charge in [0.2, 0.25) is 0 Å². The minimum Gasteiger partial charge on any atom is -0.459 e. The van der Waals surface area contributed by atoms with Crippen LogP contribution in [0.2, 0.25) is 0 Å². The normalized spacial score (nSPS) is 12.7. The molecule has 0 spiro atoms. The number of guanidine groups is 1. The zero-order chi connectivity index (χ0) is 21.2. The molecule has 0 fully saturated rings. The molecule has 2 N–H and O–H groups in total. The first kappa shape index (κ1) is 22.9. The number of carbonyl (C=O) groups is 1. The van der Waals surface area contributed by atoms with E-state index in [2.05, 4.69) is 26.0 Å². The SMILES string of the molecule is CCNC(=NCCCNC(=O)c1occc1C)N(C)Cc1csc(C(C)OC)n1. The van der Waals surface area contributed by atoms with E-state index in [9.17, 15) is 4.79 Å². The van der Waals surface area contributed by atoms with Gasteiger partial charge in [0, 0.05) is 44.7 Å². The summed E-state index contributed by atoms with van der Waals surface area (Å²) >= 11 is 1.61. The van der Waals surface area contributed by atoms with Gasteiger partial charge in [-0.1, -0.05) is 0 Å². The van der Waals surface area contributed by atoms with Crippen LogP contribution in [-0.4, -0.2) is 55.5 Å². The molecule has 8 nitrogen and oxygen atoms in total. The number of amides is 1. The van der Waals surface area contributed by atoms with Crippen molar-refractivity contribution in [1.82, 2.24) is 20.5 Å². The van der Waals surface area contributed by atoms with Crippen LogP contribution in [-0.2, 0) is 11.3 Å². The van der Waals surface area contributed by atoms with Crippen molar-refractivity contribution >= 4 is 23.2 Å². The number of thiazole rings is 1. The predicted octanol–water partition coefficient (Wildman–Crippen LogP) is 2.97. The number of hydrogen-bond donors (Lipinski definition) is 2. The van der Waals surface area contributed by atoms with E-state index in [1.54, 1.807) is 24.5 Å². The van der Waals surface area contributed by atoms with E-state index < -0.39 is 0 Å². The topological polar surface area (TPSA) is 92.0 Å². The molecular weight excluding hydrogens is 390 g/mol. The fourth-order valence-corrected chi connectivity index (χ4v) is 3.46. The van der Waals surface area contributed by atoms with Gasteiger partial charge in [0.25, 0.3) is 5.91 Å². The molecule has 0 aliphatic heterocycles. The Bertz CT molecular complexity index is 802. The second kappa shape index (κ2) is 11.6. The highest BCUT2D eigenvalue weighted by molar-refractivity contribution is 7.09. The zero-order valence-corrected chi connectivity index (χ0v) is 18.6. The molecule has 0 aliphatic rings. The lowest BCUT2D eigenvalue weighted by Gasteiger charge is -2.21. The third-order valence-electron chi connectivity index (χ3n) is 4.32. The lowest BCUT2D eigenvalue weighted by atomic mass is 10.2. The van der Waals surface area contributed by atoms with Gasteiger partial charge in [-0.05, 0) is 33.3 Å². The van der Waals surface area contributed by atoms with E-state index in [4.69, 9.17) is 9.15 Å². The van der Waals surface area contributed by atoms with Crippen molar-refractivity contribution in [2.24, 2.45) is 4.99 Å². The van der Waals surface area contributed by atoms with E-state index in [0.29, 0.717) is 25.4 Å². The Hall–Kier alpha value is -2.39. The summed E-state index contributed by atoms with van der Waals surface area (Å²) in [7, 11) is 3.67. The number of nitrogens with zero attached hydrogens (tertiary/aromatic N) is 3. The van der Waals surface area contributed by atoms with Crippen molar-refractivity contribution < 1.29 is 13.9 Å². The molecule has 0 saturated heterocycles. The molecule has 2 aromatic heterocycles. The Morgan fingerprint density at radius 1 is 1.45 bits per heavy atom. The van der Waals surface area contributed by atoms with E-state index in [1.165, 1.54) is 6.26 Å². The molecule has 0 radical (unpaired) electrons. The average Bonchev–Trinajstić information content (AvgIpc) is 3.35. The number of aromatic nitrogens is 1. The monoisotopic (exact) mass is 421 g/mol. The summed E-state index contributed by atoms with van der Waals surface area (Å²) in [6.45, 7) is 8.46. The lowest BCUT2D eigenvalue weighted by molar-refractivity contribution is 0.0925. The van der Waals surface area contributed by atoms with Gasteiger partial charge in [0.05, 0.1) is 18.5 Å². The third-order valence-corrected chi connectivity index (χ3v) is 5.37. The molecule has 1 atom stereocenters. The number of methoxy groups -OCH3 is 1. The Labute approximate surface area is 176 Å². The Morgan fingerprint density at radius 3 is 2.90 bits per heavy atom. The van der Waals surface area contributed by atoms with Crippen molar-refractivity contribution in [1.29, 1.82) is 0 Å². The second-order valence-corrected chi connectivity index (χ2v) is 7.58. The van der Waals surface area contributed by atoms with E-state index in [1.807, 2.05) is 32.7 Å². The molecule has 0 bridgehead atoms. The average molecular weight is 422 g/mol. The summed E-state index contributed by atoms with van der Waals surface area (Å²) in [6.07, 6.45) is 2.26. The highest BCUT2D eigenvalue weighted by Crippen LogP contribution is 2.20. The molecule has 1 amide bonds. The summed E-state index contributed by atoms with van der Waals surface area (Å²) in [4.78, 5) is 23.4. The second-order valence-electron chi connectivity index (χ2n) is 6.69. The van der Waals surface area contributed by atoms with Crippen LogP contribution in [0.5, 0.6) is 0 Å². The molecule has 160 valence electrons. The maximum atomic E-state index is 12.0. The molecule has 2 aromatic rings. The number of aliphatic imine (C=N–C) groups is 1. The maximum absolute atomic E-state index is 12.0. The van der Waals surface area contributed by atoms with E-state index in [-0.39, 0.29) is 12.0 Å². The Balaban J connectivity index is 1.82. The van der Waals surface area contributed by atoms with Crippen LogP contribution in [0.4, 0.5) is 0 Å². The molecule has 2 rings (SSSR count). The largest absolute Gasteiger partial charge is 0.459 e. The molecule has 1 unspecified atom stereocenters. The van der Waals surface area contributed by atoms with Gasteiger partial charge >= 0.3 is 0 Å². The first-order valence-corrected chi connectivity index (χ1v) is 10.6. The van der Waals surface area contributed by atoms with Crippen molar-refractivity contribution in [2.75, 3.05) is 33.8 Å². The first-order valence-electron chi connectivity index (χ1n) is 9.75. The van der Waals surface area contributed by atoms with Gasteiger partial charge in [0.1, 0.15) is 11.1 Å². The summed E-state index contributed by atoms with van der Waals surface area (Å²) in [5.74, 6) is 0.993. The van der Waals surface area contributed by atoms with Crippen LogP contribution in [0.1, 0.15) is 53.2 Å². The number of furan rings is 1. The van der Waals surface area contributed by atoms with Crippen LogP contribution >= 0.6 is 11.3 Å². The van der Waals surface area contributed by atoms with Crippen LogP contribution in [0.3, 0.4) is 0 Å². The smallest absolute Gasteiger partial charge is 0.287 e.